The minimum atomic E-state index is 0. The molecule has 0 aromatic heterocycles. The van der Waals surface area contributed by atoms with E-state index in [1.165, 1.54) is 0 Å². The molecular weight excluding hydrogens is 369 g/mol. The van der Waals surface area contributed by atoms with Crippen LogP contribution in [-0.2, 0) is 19.3 Å². The molecular formula is NdNiOSm. The SMILES string of the molecule is [Nd].[O]=[Ni].[Sm]. The molecule has 26 valence electrons. The first-order valence-electron chi connectivity index (χ1n) is 0.129. The zero-order valence-electron chi connectivity index (χ0n) is 1.63. The van der Waals surface area contributed by atoms with Crippen molar-refractivity contribution < 1.29 is 101 Å². The summed E-state index contributed by atoms with van der Waals surface area (Å²) in [6.45, 7) is 0. The van der Waals surface area contributed by atoms with E-state index in [0.29, 0.717) is 0 Å². The predicted molar refractivity (Wildman–Crippen MR) is 0.686 cm³/mol. The Bertz CT molecular complexity index is 8.00. The zero-order chi connectivity index (χ0) is 2.00. The maximum absolute atomic E-state index is 7.88. The Labute approximate surface area is 97.9 Å². The van der Waals surface area contributed by atoms with Crippen LogP contribution in [0.3, 0.4) is 0 Å². The van der Waals surface area contributed by atoms with E-state index in [-0.39, 0.29) is 81.2 Å². The van der Waals surface area contributed by atoms with Crippen LogP contribution in [0.5, 0.6) is 0 Å². The summed E-state index contributed by atoms with van der Waals surface area (Å²) >= 11 is 2.62. The van der Waals surface area contributed by atoms with Crippen LogP contribution in [0.25, 0.3) is 0 Å². The smallest absolute Gasteiger partial charge is 0 e. The Morgan fingerprint density at radius 3 is 1.25 bits per heavy atom. The number of rotatable bonds is 0. The molecule has 0 aliphatic heterocycles. The van der Waals surface area contributed by atoms with Gasteiger partial charge in [-0.2, -0.15) is 0 Å². The summed E-state index contributed by atoms with van der Waals surface area (Å²) in [5.74, 6) is 0. The molecule has 0 N–H and O–H groups in total. The van der Waals surface area contributed by atoms with Gasteiger partial charge >= 0.3 is 19.3 Å². The maximum atomic E-state index is 7.88. The average Bonchev–Trinajstić information content (AvgIpc) is 1.00. The Morgan fingerprint density at radius 2 is 1.25 bits per heavy atom. The molecule has 0 aromatic rings. The van der Waals surface area contributed by atoms with Crippen LogP contribution in [0.4, 0.5) is 0 Å². The average molecular weight is 369 g/mol. The Hall–Kier alpha value is 2.98. The van der Waals surface area contributed by atoms with Crippen LogP contribution >= 0.6 is 0 Å². The number of hydrogen-bond acceptors (Lipinski definition) is 1. The fraction of sp³-hybridized carbons (Fsp3) is 0. The standard InChI is InChI=1S/Nd.Ni.O.Sm. The van der Waals surface area contributed by atoms with Crippen molar-refractivity contribution >= 4 is 0 Å². The van der Waals surface area contributed by atoms with Gasteiger partial charge in [0.15, 0.2) is 0 Å². The van der Waals surface area contributed by atoms with E-state index in [2.05, 4.69) is 15.4 Å². The van der Waals surface area contributed by atoms with E-state index in [1.54, 1.807) is 0 Å². The first-order valence-corrected chi connectivity index (χ1v) is 0.532. The molecule has 1 nitrogen and oxygen atoms in total. The van der Waals surface area contributed by atoms with Crippen molar-refractivity contribution in [3.63, 3.8) is 0 Å². The minimum Gasteiger partial charge on any atom is 0 e. The van der Waals surface area contributed by atoms with Gasteiger partial charge in [-0.3, -0.25) is 0 Å². The van der Waals surface area contributed by atoms with E-state index in [1.807, 2.05) is 0 Å². The molecule has 0 heterocycles. The van der Waals surface area contributed by atoms with Crippen molar-refractivity contribution in [1.29, 1.82) is 0 Å². The largest absolute Gasteiger partial charge is 0 e. The van der Waals surface area contributed by atoms with E-state index < -0.39 is 0 Å². The second kappa shape index (κ2) is 16.7. The summed E-state index contributed by atoms with van der Waals surface area (Å²) in [5, 5.41) is 0. The summed E-state index contributed by atoms with van der Waals surface area (Å²) in [4.78, 5) is 0. The second-order valence-corrected chi connectivity index (χ2v) is 0. The van der Waals surface area contributed by atoms with Gasteiger partial charge in [0.1, 0.15) is 0 Å². The van der Waals surface area contributed by atoms with Crippen LogP contribution in [0.15, 0.2) is 0 Å². The van der Waals surface area contributed by atoms with Gasteiger partial charge < -0.3 is 0 Å². The molecule has 0 aliphatic rings. The van der Waals surface area contributed by atoms with E-state index >= 15 is 0 Å². The fourth-order valence-electron chi connectivity index (χ4n) is 0. The van der Waals surface area contributed by atoms with Gasteiger partial charge in [0, 0.05) is 81.2 Å². The molecule has 0 bridgehead atoms. The van der Waals surface area contributed by atoms with Gasteiger partial charge in [0.05, 0.1) is 0 Å². The summed E-state index contributed by atoms with van der Waals surface area (Å²) in [6, 6.07) is 0. The van der Waals surface area contributed by atoms with Crippen molar-refractivity contribution in [2.45, 2.75) is 0 Å². The van der Waals surface area contributed by atoms with Gasteiger partial charge in [-0.1, -0.05) is 0 Å². The van der Waals surface area contributed by atoms with Crippen molar-refractivity contribution in [1.82, 2.24) is 0 Å². The zero-order valence-corrected chi connectivity index (χ0v) is 8.45. The Morgan fingerprint density at radius 1 is 1.25 bits per heavy atom. The van der Waals surface area contributed by atoms with E-state index in [4.69, 9.17) is 3.90 Å². The van der Waals surface area contributed by atoms with Crippen LogP contribution < -0.4 is 0 Å². The summed E-state index contributed by atoms with van der Waals surface area (Å²) in [7, 11) is 0. The second-order valence-electron chi connectivity index (χ2n) is 0. The molecule has 4 heteroatoms. The number of hydrogen-bond donors (Lipinski definition) is 0. The van der Waals surface area contributed by atoms with E-state index in [0.717, 1.165) is 0 Å². The molecule has 0 radical (unpaired) electrons. The van der Waals surface area contributed by atoms with Crippen molar-refractivity contribution in [3.05, 3.63) is 0 Å². The monoisotopic (exact) mass is 368 g/mol. The molecule has 0 fully saturated rings. The summed E-state index contributed by atoms with van der Waals surface area (Å²) in [6.07, 6.45) is 0. The fourth-order valence-corrected chi connectivity index (χ4v) is 0. The van der Waals surface area contributed by atoms with Gasteiger partial charge in [-0.25, -0.2) is 0 Å². The quantitative estimate of drug-likeness (QED) is 0.545. The van der Waals surface area contributed by atoms with Gasteiger partial charge in [0.25, 0.3) is 0 Å². The normalized spacial score (nSPS) is 1.50. The van der Waals surface area contributed by atoms with Crippen molar-refractivity contribution in [3.8, 4) is 0 Å². The van der Waals surface area contributed by atoms with Gasteiger partial charge in [-0.15, -0.1) is 0 Å². The molecule has 0 atom stereocenters. The maximum Gasteiger partial charge on any atom is 0 e. The predicted octanol–water partition coefficient (Wildman–Crippen LogP) is -0.121. The minimum absolute atomic E-state index is 0. The first-order chi connectivity index (χ1) is 1.00. The van der Waals surface area contributed by atoms with Crippen molar-refractivity contribution in [2.24, 2.45) is 0 Å². The topological polar surface area (TPSA) is 17.1 Å². The van der Waals surface area contributed by atoms with Crippen LogP contribution in [-0.4, -0.2) is 0 Å². The van der Waals surface area contributed by atoms with Gasteiger partial charge in [0.2, 0.25) is 0 Å². The Kier molecular flexibility index (Phi) is 65.8. The van der Waals surface area contributed by atoms with Crippen molar-refractivity contribution in [2.75, 3.05) is 0 Å². The molecule has 0 aliphatic carbocycles. The molecule has 0 rings (SSSR count). The molecule has 0 saturated heterocycles. The molecule has 0 unspecified atom stereocenters. The van der Waals surface area contributed by atoms with Crippen LogP contribution in [0.2, 0.25) is 0 Å². The molecule has 0 aromatic carbocycles. The third-order valence-corrected chi connectivity index (χ3v) is 0. The molecule has 0 saturated carbocycles. The Balaban J connectivity index is -0.00000000500. The third kappa shape index (κ3) is 8.88. The molecule has 0 spiro atoms. The third-order valence-electron chi connectivity index (χ3n) is 0. The van der Waals surface area contributed by atoms with Crippen LogP contribution in [0, 0.1) is 81.2 Å². The summed E-state index contributed by atoms with van der Waals surface area (Å²) < 4.78 is 7.88. The summed E-state index contributed by atoms with van der Waals surface area (Å²) in [5.41, 5.74) is 0. The molecule has 0 amide bonds. The van der Waals surface area contributed by atoms with E-state index in [9.17, 15) is 0 Å². The molecule has 4 heavy (non-hydrogen) atoms. The first kappa shape index (κ1) is 15.8. The van der Waals surface area contributed by atoms with Gasteiger partial charge in [-0.05, 0) is 0 Å². The van der Waals surface area contributed by atoms with Crippen LogP contribution in [0.1, 0.15) is 0 Å².